The van der Waals surface area contributed by atoms with Gasteiger partial charge in [-0.3, -0.25) is 0 Å². The zero-order chi connectivity index (χ0) is 8.55. The van der Waals surface area contributed by atoms with Gasteiger partial charge >= 0.3 is 0 Å². The third-order valence-corrected chi connectivity index (χ3v) is 2.26. The number of hydrogen-bond donors (Lipinski definition) is 1. The second-order valence-electron chi connectivity index (χ2n) is 3.20. The van der Waals surface area contributed by atoms with Crippen LogP contribution in [0, 0.1) is 6.92 Å². The van der Waals surface area contributed by atoms with Crippen molar-refractivity contribution < 1.29 is 4.74 Å². The van der Waals surface area contributed by atoms with Gasteiger partial charge in [-0.25, -0.2) is 0 Å². The van der Waals surface area contributed by atoms with Crippen molar-refractivity contribution in [2.45, 2.75) is 19.9 Å². The zero-order valence-electron chi connectivity index (χ0n) is 7.26. The standard InChI is InChI=1S/C10H13NO/c1-7-4-8(6-11)5-9-2-3-12-10(7)9/h4-5H,2-3,6,11H2,1H3. The van der Waals surface area contributed by atoms with Crippen LogP contribution in [0.5, 0.6) is 5.75 Å². The van der Waals surface area contributed by atoms with Crippen LogP contribution < -0.4 is 10.5 Å². The molecule has 1 aliphatic heterocycles. The van der Waals surface area contributed by atoms with Crippen molar-refractivity contribution >= 4 is 0 Å². The Labute approximate surface area is 72.3 Å². The van der Waals surface area contributed by atoms with Crippen molar-refractivity contribution in [3.63, 3.8) is 0 Å². The van der Waals surface area contributed by atoms with E-state index >= 15 is 0 Å². The number of ether oxygens (including phenoxy) is 1. The Kier molecular flexibility index (Phi) is 1.77. The number of aryl methyl sites for hydroxylation is 1. The van der Waals surface area contributed by atoms with E-state index in [0.717, 1.165) is 18.8 Å². The number of nitrogens with two attached hydrogens (primary N) is 1. The van der Waals surface area contributed by atoms with E-state index in [1.54, 1.807) is 0 Å². The molecule has 0 saturated carbocycles. The number of fused-ring (bicyclic) bond motifs is 1. The van der Waals surface area contributed by atoms with E-state index in [1.165, 1.54) is 16.7 Å². The lowest BCUT2D eigenvalue weighted by Crippen LogP contribution is -1.97. The van der Waals surface area contributed by atoms with Crippen LogP contribution in [0.4, 0.5) is 0 Å². The van der Waals surface area contributed by atoms with Gasteiger partial charge in [0.2, 0.25) is 0 Å². The highest BCUT2D eigenvalue weighted by Gasteiger charge is 2.14. The average molecular weight is 163 g/mol. The smallest absolute Gasteiger partial charge is 0.125 e. The molecule has 64 valence electrons. The normalized spacial score (nSPS) is 14.2. The third kappa shape index (κ3) is 1.08. The summed E-state index contributed by atoms with van der Waals surface area (Å²) >= 11 is 0. The van der Waals surface area contributed by atoms with Gasteiger partial charge in [0.05, 0.1) is 6.61 Å². The topological polar surface area (TPSA) is 35.2 Å². The summed E-state index contributed by atoms with van der Waals surface area (Å²) in [5, 5.41) is 0. The highest BCUT2D eigenvalue weighted by atomic mass is 16.5. The Morgan fingerprint density at radius 3 is 3.08 bits per heavy atom. The summed E-state index contributed by atoms with van der Waals surface area (Å²) in [6.07, 6.45) is 1.03. The quantitative estimate of drug-likeness (QED) is 0.679. The van der Waals surface area contributed by atoms with E-state index in [0.29, 0.717) is 6.54 Å². The second kappa shape index (κ2) is 2.79. The largest absolute Gasteiger partial charge is 0.493 e. The van der Waals surface area contributed by atoms with Crippen LogP contribution in [0.3, 0.4) is 0 Å². The lowest BCUT2D eigenvalue weighted by atomic mass is 10.0. The van der Waals surface area contributed by atoms with E-state index in [1.807, 2.05) is 0 Å². The van der Waals surface area contributed by atoms with Crippen LogP contribution >= 0.6 is 0 Å². The molecule has 0 atom stereocenters. The first-order chi connectivity index (χ1) is 5.81. The molecule has 0 fully saturated rings. The summed E-state index contributed by atoms with van der Waals surface area (Å²) < 4.78 is 5.49. The first-order valence-electron chi connectivity index (χ1n) is 4.26. The Hall–Kier alpha value is -1.02. The Morgan fingerprint density at radius 2 is 2.33 bits per heavy atom. The van der Waals surface area contributed by atoms with Crippen LogP contribution in [-0.4, -0.2) is 6.61 Å². The molecular formula is C10H13NO. The van der Waals surface area contributed by atoms with Gasteiger partial charge in [0.25, 0.3) is 0 Å². The minimum atomic E-state index is 0.619. The third-order valence-electron chi connectivity index (χ3n) is 2.26. The average Bonchev–Trinajstić information content (AvgIpc) is 2.52. The van der Waals surface area contributed by atoms with Crippen LogP contribution in [0.25, 0.3) is 0 Å². The zero-order valence-corrected chi connectivity index (χ0v) is 7.26. The number of benzene rings is 1. The molecule has 1 aliphatic rings. The van der Waals surface area contributed by atoms with Crippen molar-refractivity contribution in [1.29, 1.82) is 0 Å². The van der Waals surface area contributed by atoms with Gasteiger partial charge in [-0.1, -0.05) is 12.1 Å². The van der Waals surface area contributed by atoms with Crippen LogP contribution in [0.2, 0.25) is 0 Å². The molecule has 0 spiro atoms. The highest BCUT2D eigenvalue weighted by molar-refractivity contribution is 5.46. The SMILES string of the molecule is Cc1cc(CN)cc2c1OCC2. The summed E-state index contributed by atoms with van der Waals surface area (Å²) in [6.45, 7) is 3.52. The summed E-state index contributed by atoms with van der Waals surface area (Å²) in [7, 11) is 0. The minimum absolute atomic E-state index is 0.619. The number of hydrogen-bond acceptors (Lipinski definition) is 2. The van der Waals surface area contributed by atoms with Gasteiger partial charge < -0.3 is 10.5 Å². The molecule has 0 aromatic heterocycles. The van der Waals surface area contributed by atoms with Crippen molar-refractivity contribution in [2.24, 2.45) is 5.73 Å². The second-order valence-corrected chi connectivity index (χ2v) is 3.20. The molecule has 0 bridgehead atoms. The molecule has 0 unspecified atom stereocenters. The molecule has 2 N–H and O–H groups in total. The van der Waals surface area contributed by atoms with Crippen molar-refractivity contribution in [3.05, 3.63) is 28.8 Å². The van der Waals surface area contributed by atoms with E-state index in [4.69, 9.17) is 10.5 Å². The molecule has 0 saturated heterocycles. The van der Waals surface area contributed by atoms with Crippen LogP contribution in [-0.2, 0) is 13.0 Å². The lowest BCUT2D eigenvalue weighted by Gasteiger charge is -2.05. The fraction of sp³-hybridized carbons (Fsp3) is 0.400. The van der Waals surface area contributed by atoms with E-state index in [2.05, 4.69) is 19.1 Å². The van der Waals surface area contributed by atoms with Gasteiger partial charge in [-0.15, -0.1) is 0 Å². The molecule has 1 aromatic carbocycles. The predicted octanol–water partition coefficient (Wildman–Crippen LogP) is 1.39. The lowest BCUT2D eigenvalue weighted by molar-refractivity contribution is 0.354. The summed E-state index contributed by atoms with van der Waals surface area (Å²) in [5.74, 6) is 1.08. The van der Waals surface area contributed by atoms with Gasteiger partial charge in [0.15, 0.2) is 0 Å². The molecule has 1 heterocycles. The molecule has 12 heavy (non-hydrogen) atoms. The van der Waals surface area contributed by atoms with Gasteiger partial charge in [-0.2, -0.15) is 0 Å². The highest BCUT2D eigenvalue weighted by Crippen LogP contribution is 2.30. The van der Waals surface area contributed by atoms with Gasteiger partial charge in [0.1, 0.15) is 5.75 Å². The van der Waals surface area contributed by atoms with E-state index in [9.17, 15) is 0 Å². The molecule has 0 radical (unpaired) electrons. The minimum Gasteiger partial charge on any atom is -0.493 e. The monoisotopic (exact) mass is 163 g/mol. The molecule has 2 rings (SSSR count). The maximum absolute atomic E-state index is 5.57. The first-order valence-corrected chi connectivity index (χ1v) is 4.26. The molecule has 0 amide bonds. The molecule has 0 aliphatic carbocycles. The molecule has 2 nitrogen and oxygen atoms in total. The van der Waals surface area contributed by atoms with E-state index in [-0.39, 0.29) is 0 Å². The van der Waals surface area contributed by atoms with E-state index < -0.39 is 0 Å². The number of rotatable bonds is 1. The Morgan fingerprint density at radius 1 is 1.50 bits per heavy atom. The first kappa shape index (κ1) is 7.62. The van der Waals surface area contributed by atoms with Crippen molar-refractivity contribution in [3.8, 4) is 5.75 Å². The summed E-state index contributed by atoms with van der Waals surface area (Å²) in [5.41, 5.74) is 9.31. The van der Waals surface area contributed by atoms with Crippen molar-refractivity contribution in [1.82, 2.24) is 0 Å². The molecular weight excluding hydrogens is 150 g/mol. The van der Waals surface area contributed by atoms with Crippen molar-refractivity contribution in [2.75, 3.05) is 6.61 Å². The predicted molar refractivity (Wildman–Crippen MR) is 48.3 cm³/mol. The molecule has 1 aromatic rings. The maximum Gasteiger partial charge on any atom is 0.125 e. The van der Waals surface area contributed by atoms with Gasteiger partial charge in [-0.05, 0) is 23.6 Å². The maximum atomic E-state index is 5.57. The summed E-state index contributed by atoms with van der Waals surface area (Å²) in [4.78, 5) is 0. The van der Waals surface area contributed by atoms with Crippen LogP contribution in [0.1, 0.15) is 16.7 Å². The summed E-state index contributed by atoms with van der Waals surface area (Å²) in [6, 6.07) is 4.25. The fourth-order valence-electron chi connectivity index (χ4n) is 1.70. The van der Waals surface area contributed by atoms with Gasteiger partial charge in [0, 0.05) is 13.0 Å². The van der Waals surface area contributed by atoms with Crippen LogP contribution in [0.15, 0.2) is 12.1 Å². The Balaban J connectivity index is 2.51. The Bertz CT molecular complexity index is 307. The molecule has 2 heteroatoms. The fourth-order valence-corrected chi connectivity index (χ4v) is 1.70.